The van der Waals surface area contributed by atoms with Crippen LogP contribution in [0.15, 0.2) is 18.2 Å². The number of ether oxygens (including phenoxy) is 1. The number of nitrogens with one attached hydrogen (secondary N) is 1. The largest absolute Gasteiger partial charge is 0.378 e. The summed E-state index contributed by atoms with van der Waals surface area (Å²) in [7, 11) is 2.14. The van der Waals surface area contributed by atoms with E-state index in [0.29, 0.717) is 19.1 Å². The molecule has 0 aliphatic carbocycles. The Labute approximate surface area is 132 Å². The number of hydrogen-bond donors (Lipinski definition) is 1. The number of aryl methyl sites for hydroxylation is 1. The van der Waals surface area contributed by atoms with Gasteiger partial charge >= 0.3 is 0 Å². The number of nitrogens with zero attached hydrogens (tertiary/aromatic N) is 1. The van der Waals surface area contributed by atoms with Crippen molar-refractivity contribution in [2.75, 3.05) is 25.1 Å². The molecule has 1 N–H and O–H groups in total. The van der Waals surface area contributed by atoms with Crippen LogP contribution >= 0.6 is 0 Å². The van der Waals surface area contributed by atoms with E-state index in [-0.39, 0.29) is 5.91 Å². The van der Waals surface area contributed by atoms with E-state index < -0.39 is 0 Å². The highest BCUT2D eigenvalue weighted by molar-refractivity contribution is 5.75. The topological polar surface area (TPSA) is 41.6 Å². The number of fused-ring (bicyclic) bond motifs is 1. The second-order valence-electron chi connectivity index (χ2n) is 6.44. The smallest absolute Gasteiger partial charge is 0.220 e. The standard InChI is InChI=1S/C18H26N2O2/c1-20-10-2-4-15-12-14(6-8-17(15)20)13-19-18(21)9-7-16-5-3-11-22-16/h6,8,12,16H,2-5,7,9-11,13H2,1H3,(H,19,21)/t16-/m0/s1. The van der Waals surface area contributed by atoms with Crippen molar-refractivity contribution in [2.24, 2.45) is 0 Å². The first kappa shape index (κ1) is 15.3. The number of amides is 1. The maximum absolute atomic E-state index is 11.9. The lowest BCUT2D eigenvalue weighted by atomic mass is 9.99. The van der Waals surface area contributed by atoms with Gasteiger partial charge in [-0.2, -0.15) is 0 Å². The van der Waals surface area contributed by atoms with Gasteiger partial charge in [0.2, 0.25) is 5.91 Å². The minimum Gasteiger partial charge on any atom is -0.378 e. The average molecular weight is 302 g/mol. The van der Waals surface area contributed by atoms with Gasteiger partial charge in [0.1, 0.15) is 0 Å². The quantitative estimate of drug-likeness (QED) is 0.909. The fraction of sp³-hybridized carbons (Fsp3) is 0.611. The van der Waals surface area contributed by atoms with Crippen LogP contribution in [0.4, 0.5) is 5.69 Å². The molecule has 2 heterocycles. The van der Waals surface area contributed by atoms with Crippen molar-refractivity contribution in [3.63, 3.8) is 0 Å². The second-order valence-corrected chi connectivity index (χ2v) is 6.44. The summed E-state index contributed by atoms with van der Waals surface area (Å²) in [4.78, 5) is 14.2. The van der Waals surface area contributed by atoms with E-state index in [1.54, 1.807) is 0 Å². The highest BCUT2D eigenvalue weighted by Gasteiger charge is 2.17. The van der Waals surface area contributed by atoms with E-state index in [4.69, 9.17) is 4.74 Å². The molecular formula is C18H26N2O2. The lowest BCUT2D eigenvalue weighted by Crippen LogP contribution is -2.26. The van der Waals surface area contributed by atoms with Crippen LogP contribution in [0.2, 0.25) is 0 Å². The molecule has 0 unspecified atom stereocenters. The minimum absolute atomic E-state index is 0.130. The summed E-state index contributed by atoms with van der Waals surface area (Å²) in [6.07, 6.45) is 6.30. The van der Waals surface area contributed by atoms with Gasteiger partial charge in [0.05, 0.1) is 6.10 Å². The molecule has 0 radical (unpaired) electrons. The van der Waals surface area contributed by atoms with Crippen LogP contribution in [0.3, 0.4) is 0 Å². The van der Waals surface area contributed by atoms with Crippen LogP contribution in [0.1, 0.15) is 43.2 Å². The van der Waals surface area contributed by atoms with E-state index in [0.717, 1.165) is 38.8 Å². The molecule has 4 heteroatoms. The van der Waals surface area contributed by atoms with E-state index >= 15 is 0 Å². The third-order valence-electron chi connectivity index (χ3n) is 4.70. The monoisotopic (exact) mass is 302 g/mol. The summed E-state index contributed by atoms with van der Waals surface area (Å²) in [6.45, 7) is 2.61. The van der Waals surface area contributed by atoms with E-state index in [1.165, 1.54) is 23.2 Å². The molecule has 1 aromatic carbocycles. The molecule has 0 aromatic heterocycles. The summed E-state index contributed by atoms with van der Waals surface area (Å²) >= 11 is 0. The van der Waals surface area contributed by atoms with Crippen LogP contribution in [0.25, 0.3) is 0 Å². The van der Waals surface area contributed by atoms with Crippen molar-refractivity contribution in [1.82, 2.24) is 5.32 Å². The van der Waals surface area contributed by atoms with Gasteiger partial charge in [-0.15, -0.1) is 0 Å². The maximum atomic E-state index is 11.9. The first-order valence-electron chi connectivity index (χ1n) is 8.43. The predicted octanol–water partition coefficient (Wildman–Crippen LogP) is 2.64. The summed E-state index contributed by atoms with van der Waals surface area (Å²) < 4.78 is 5.55. The highest BCUT2D eigenvalue weighted by atomic mass is 16.5. The number of hydrogen-bond acceptors (Lipinski definition) is 3. The molecule has 1 amide bonds. The Hall–Kier alpha value is -1.55. The van der Waals surface area contributed by atoms with E-state index in [9.17, 15) is 4.79 Å². The first-order valence-corrected chi connectivity index (χ1v) is 8.43. The zero-order valence-electron chi connectivity index (χ0n) is 13.4. The predicted molar refractivity (Wildman–Crippen MR) is 88.1 cm³/mol. The van der Waals surface area contributed by atoms with Crippen molar-refractivity contribution >= 4 is 11.6 Å². The van der Waals surface area contributed by atoms with Crippen molar-refractivity contribution in [3.05, 3.63) is 29.3 Å². The molecular weight excluding hydrogens is 276 g/mol. The average Bonchev–Trinajstić information content (AvgIpc) is 3.04. The number of benzene rings is 1. The molecule has 4 nitrogen and oxygen atoms in total. The molecule has 0 bridgehead atoms. The Balaban J connectivity index is 1.47. The molecule has 2 aliphatic heterocycles. The first-order chi connectivity index (χ1) is 10.7. The molecule has 3 rings (SSSR count). The molecule has 1 atom stereocenters. The zero-order chi connectivity index (χ0) is 15.4. The van der Waals surface area contributed by atoms with Crippen LogP contribution < -0.4 is 10.2 Å². The van der Waals surface area contributed by atoms with Gasteiger partial charge in [-0.25, -0.2) is 0 Å². The Bertz CT molecular complexity index is 524. The van der Waals surface area contributed by atoms with Crippen molar-refractivity contribution in [2.45, 2.75) is 51.2 Å². The SMILES string of the molecule is CN1CCCc2cc(CNC(=O)CC[C@@H]3CCCO3)ccc21. The van der Waals surface area contributed by atoms with Crippen molar-refractivity contribution < 1.29 is 9.53 Å². The third kappa shape index (κ3) is 3.80. The fourth-order valence-corrected chi connectivity index (χ4v) is 3.40. The molecule has 22 heavy (non-hydrogen) atoms. The normalized spacial score (nSPS) is 20.8. The minimum atomic E-state index is 0.130. The van der Waals surface area contributed by atoms with Gasteiger partial charge in [0.15, 0.2) is 0 Å². The molecule has 1 aromatic rings. The van der Waals surface area contributed by atoms with Crippen LogP contribution in [0.5, 0.6) is 0 Å². The lowest BCUT2D eigenvalue weighted by molar-refractivity contribution is -0.121. The fourth-order valence-electron chi connectivity index (χ4n) is 3.40. The Kier molecular flexibility index (Phi) is 4.98. The highest BCUT2D eigenvalue weighted by Crippen LogP contribution is 2.26. The molecule has 0 saturated carbocycles. The number of carbonyl (C=O) groups excluding carboxylic acids is 1. The number of rotatable bonds is 5. The molecule has 120 valence electrons. The summed E-state index contributed by atoms with van der Waals surface area (Å²) in [5.74, 6) is 0.130. The summed E-state index contributed by atoms with van der Waals surface area (Å²) in [6, 6.07) is 6.55. The van der Waals surface area contributed by atoms with Gasteiger partial charge in [0, 0.05) is 38.9 Å². The van der Waals surface area contributed by atoms with Gasteiger partial charge in [-0.1, -0.05) is 12.1 Å². The van der Waals surface area contributed by atoms with Gasteiger partial charge in [0.25, 0.3) is 0 Å². The van der Waals surface area contributed by atoms with Crippen molar-refractivity contribution in [3.8, 4) is 0 Å². The van der Waals surface area contributed by atoms with Crippen LogP contribution in [-0.2, 0) is 22.5 Å². The number of anilines is 1. The Morgan fingerprint density at radius 2 is 2.32 bits per heavy atom. The second kappa shape index (κ2) is 7.14. The summed E-state index contributed by atoms with van der Waals surface area (Å²) in [5.41, 5.74) is 3.93. The molecule has 2 aliphatic rings. The number of carbonyl (C=O) groups is 1. The molecule has 1 fully saturated rings. The van der Waals surface area contributed by atoms with Gasteiger partial charge in [-0.3, -0.25) is 4.79 Å². The Morgan fingerprint density at radius 1 is 1.41 bits per heavy atom. The van der Waals surface area contributed by atoms with Gasteiger partial charge < -0.3 is 15.0 Å². The van der Waals surface area contributed by atoms with E-state index in [1.807, 2.05) is 0 Å². The molecule has 1 saturated heterocycles. The lowest BCUT2D eigenvalue weighted by Gasteiger charge is -2.27. The van der Waals surface area contributed by atoms with E-state index in [2.05, 4.69) is 35.5 Å². The van der Waals surface area contributed by atoms with Gasteiger partial charge in [-0.05, 0) is 49.3 Å². The molecule has 0 spiro atoms. The zero-order valence-corrected chi connectivity index (χ0v) is 13.4. The van der Waals surface area contributed by atoms with Crippen molar-refractivity contribution in [1.29, 1.82) is 0 Å². The maximum Gasteiger partial charge on any atom is 0.220 e. The Morgan fingerprint density at radius 3 is 3.14 bits per heavy atom. The summed E-state index contributed by atoms with van der Waals surface area (Å²) in [5, 5.41) is 3.03. The van der Waals surface area contributed by atoms with Crippen LogP contribution in [0, 0.1) is 0 Å². The third-order valence-corrected chi connectivity index (χ3v) is 4.70. The van der Waals surface area contributed by atoms with Crippen LogP contribution in [-0.4, -0.2) is 32.2 Å².